The van der Waals surface area contributed by atoms with Crippen molar-refractivity contribution in [3.05, 3.63) is 0 Å². The minimum absolute atomic E-state index is 0. The molecule has 0 fully saturated rings. The van der Waals surface area contributed by atoms with Crippen LogP contribution in [0.25, 0.3) is 0 Å². The number of halogens is 1. The molecule has 1 N–H and O–H groups in total. The van der Waals surface area contributed by atoms with Crippen LogP contribution in [0.2, 0.25) is 0 Å². The van der Waals surface area contributed by atoms with Gasteiger partial charge in [0.1, 0.15) is 0 Å². The summed E-state index contributed by atoms with van der Waals surface area (Å²) in [4.78, 5) is 0. The Kier molecular flexibility index (Phi) is 9.09. The van der Waals surface area contributed by atoms with Gasteiger partial charge in [-0.2, -0.15) is 5.06 Å². The molecule has 0 aliphatic rings. The van der Waals surface area contributed by atoms with Gasteiger partial charge >= 0.3 is 0 Å². The van der Waals surface area contributed by atoms with Crippen LogP contribution in [0.4, 0.5) is 0 Å². The van der Waals surface area contributed by atoms with Gasteiger partial charge in [0.25, 0.3) is 0 Å². The second kappa shape index (κ2) is 6.21. The van der Waals surface area contributed by atoms with E-state index < -0.39 is 0 Å². The predicted molar refractivity (Wildman–Crippen MR) is 32.0 cm³/mol. The van der Waals surface area contributed by atoms with Gasteiger partial charge in [-0.05, 0) is 6.42 Å². The second-order valence-corrected chi connectivity index (χ2v) is 1.38. The van der Waals surface area contributed by atoms with Gasteiger partial charge in [0.05, 0.1) is 0 Å². The Morgan fingerprint density at radius 2 is 2.00 bits per heavy atom. The highest BCUT2D eigenvalue weighted by Crippen LogP contribution is 1.75. The molecule has 0 radical (unpaired) electrons. The van der Waals surface area contributed by atoms with Crippen LogP contribution in [-0.2, 0) is 0 Å². The van der Waals surface area contributed by atoms with Crippen LogP contribution in [0.5, 0.6) is 0 Å². The first-order chi connectivity index (χ1) is 2.77. The Morgan fingerprint density at radius 1 is 1.57 bits per heavy atom. The van der Waals surface area contributed by atoms with Crippen LogP contribution in [0.1, 0.15) is 13.3 Å². The molecule has 46 valence electrons. The third-order valence-electron chi connectivity index (χ3n) is 0.547. The lowest BCUT2D eigenvalue weighted by Gasteiger charge is -2.01. The van der Waals surface area contributed by atoms with Gasteiger partial charge in [0.2, 0.25) is 0 Å². The molecule has 0 atom stereocenters. The molecule has 0 aliphatic carbocycles. The van der Waals surface area contributed by atoms with Crippen LogP contribution in [0, 0.1) is 0 Å². The predicted octanol–water partition coefficient (Wildman–Crippen LogP) is 1.14. The molecular weight excluding hydrogens is 114 g/mol. The quantitative estimate of drug-likeness (QED) is 0.560. The Hall–Kier alpha value is 0.210. The standard InChI is InChI=1S/C4H11NO.ClH/c1-3-4-5(2)6;/h6H,3-4H2,1-2H3;1H. The fraction of sp³-hybridized carbons (Fsp3) is 1.00. The fourth-order valence-electron chi connectivity index (χ4n) is 0.324. The largest absolute Gasteiger partial charge is 0.314 e. The summed E-state index contributed by atoms with van der Waals surface area (Å²) < 4.78 is 0. The minimum Gasteiger partial charge on any atom is -0.314 e. The topological polar surface area (TPSA) is 23.5 Å². The first-order valence-corrected chi connectivity index (χ1v) is 2.17. The van der Waals surface area contributed by atoms with E-state index >= 15 is 0 Å². The van der Waals surface area contributed by atoms with Crippen molar-refractivity contribution in [2.24, 2.45) is 0 Å². The van der Waals surface area contributed by atoms with Gasteiger partial charge in [0.15, 0.2) is 0 Å². The van der Waals surface area contributed by atoms with Gasteiger partial charge in [-0.3, -0.25) is 0 Å². The highest BCUT2D eigenvalue weighted by atomic mass is 35.5. The second-order valence-electron chi connectivity index (χ2n) is 1.38. The monoisotopic (exact) mass is 125 g/mol. The van der Waals surface area contributed by atoms with E-state index in [1.807, 2.05) is 6.92 Å². The molecule has 0 aliphatic heterocycles. The molecule has 0 bridgehead atoms. The van der Waals surface area contributed by atoms with Gasteiger partial charge in [-0.15, -0.1) is 12.4 Å². The molecule has 0 rings (SSSR count). The maximum atomic E-state index is 8.39. The molecule has 0 spiro atoms. The maximum absolute atomic E-state index is 8.39. The highest BCUT2D eigenvalue weighted by molar-refractivity contribution is 5.85. The summed E-state index contributed by atoms with van der Waals surface area (Å²) in [5.74, 6) is 0. The molecule has 0 aromatic heterocycles. The van der Waals surface area contributed by atoms with Crippen molar-refractivity contribution < 1.29 is 5.21 Å². The number of hydrogen-bond donors (Lipinski definition) is 1. The first kappa shape index (κ1) is 10.2. The van der Waals surface area contributed by atoms with Crippen LogP contribution in [-0.4, -0.2) is 23.9 Å². The fourth-order valence-corrected chi connectivity index (χ4v) is 0.324. The average Bonchev–Trinajstić information content (AvgIpc) is 1.35. The van der Waals surface area contributed by atoms with E-state index in [1.54, 1.807) is 7.05 Å². The summed E-state index contributed by atoms with van der Waals surface area (Å²) in [5, 5.41) is 9.57. The van der Waals surface area contributed by atoms with Crippen LogP contribution in [0.3, 0.4) is 0 Å². The zero-order valence-electron chi connectivity index (χ0n) is 4.72. The SMILES string of the molecule is CCCN(C)O.Cl. The summed E-state index contributed by atoms with van der Waals surface area (Å²) in [6, 6.07) is 0. The Bertz CT molecular complexity index is 32.9. The van der Waals surface area contributed by atoms with Crippen molar-refractivity contribution in [2.75, 3.05) is 13.6 Å². The molecule has 0 saturated carbocycles. The molecule has 0 unspecified atom stereocenters. The lowest BCUT2D eigenvalue weighted by molar-refractivity contribution is -0.0642. The lowest BCUT2D eigenvalue weighted by Crippen LogP contribution is -2.12. The van der Waals surface area contributed by atoms with E-state index in [2.05, 4.69) is 0 Å². The summed E-state index contributed by atoms with van der Waals surface area (Å²) >= 11 is 0. The molecule has 3 heteroatoms. The number of hydrogen-bond acceptors (Lipinski definition) is 2. The molecular formula is C4H12ClNO. The molecule has 0 amide bonds. The van der Waals surface area contributed by atoms with Crippen molar-refractivity contribution >= 4 is 12.4 Å². The minimum atomic E-state index is 0. The summed E-state index contributed by atoms with van der Waals surface area (Å²) in [7, 11) is 1.64. The third-order valence-corrected chi connectivity index (χ3v) is 0.547. The van der Waals surface area contributed by atoms with Gasteiger partial charge in [-0.1, -0.05) is 6.92 Å². The van der Waals surface area contributed by atoms with Crippen molar-refractivity contribution in [1.82, 2.24) is 5.06 Å². The van der Waals surface area contributed by atoms with Gasteiger partial charge in [0, 0.05) is 13.6 Å². The van der Waals surface area contributed by atoms with E-state index in [1.165, 1.54) is 5.06 Å². The van der Waals surface area contributed by atoms with Gasteiger partial charge < -0.3 is 5.21 Å². The maximum Gasteiger partial charge on any atom is 0.0232 e. The number of hydroxylamine groups is 2. The number of rotatable bonds is 2. The van der Waals surface area contributed by atoms with Crippen molar-refractivity contribution in [3.8, 4) is 0 Å². The van der Waals surface area contributed by atoms with Crippen LogP contribution in [0.15, 0.2) is 0 Å². The average molecular weight is 126 g/mol. The normalized spacial score (nSPS) is 8.57. The zero-order chi connectivity index (χ0) is 4.99. The van der Waals surface area contributed by atoms with E-state index in [-0.39, 0.29) is 12.4 Å². The first-order valence-electron chi connectivity index (χ1n) is 2.17. The van der Waals surface area contributed by atoms with Crippen molar-refractivity contribution in [2.45, 2.75) is 13.3 Å². The van der Waals surface area contributed by atoms with Crippen LogP contribution >= 0.6 is 12.4 Å². The van der Waals surface area contributed by atoms with Crippen LogP contribution < -0.4 is 0 Å². The molecule has 7 heavy (non-hydrogen) atoms. The highest BCUT2D eigenvalue weighted by Gasteiger charge is 1.81. The zero-order valence-corrected chi connectivity index (χ0v) is 5.53. The third kappa shape index (κ3) is 10.7. The van der Waals surface area contributed by atoms with Crippen molar-refractivity contribution in [1.29, 1.82) is 0 Å². The van der Waals surface area contributed by atoms with E-state index in [0.29, 0.717) is 0 Å². The number of nitrogens with zero attached hydrogens (tertiary/aromatic N) is 1. The molecule has 0 aromatic carbocycles. The van der Waals surface area contributed by atoms with E-state index in [4.69, 9.17) is 5.21 Å². The lowest BCUT2D eigenvalue weighted by atomic mass is 10.5. The summed E-state index contributed by atoms with van der Waals surface area (Å²) in [6.45, 7) is 2.78. The summed E-state index contributed by atoms with van der Waals surface area (Å²) in [6.07, 6.45) is 1.01. The molecule has 0 heterocycles. The molecule has 0 aromatic rings. The Morgan fingerprint density at radius 3 is 2.00 bits per heavy atom. The Labute approximate surface area is 50.5 Å². The van der Waals surface area contributed by atoms with Gasteiger partial charge in [-0.25, -0.2) is 0 Å². The molecule has 2 nitrogen and oxygen atoms in total. The van der Waals surface area contributed by atoms with E-state index in [9.17, 15) is 0 Å². The molecule has 0 saturated heterocycles. The smallest absolute Gasteiger partial charge is 0.0232 e. The van der Waals surface area contributed by atoms with Crippen molar-refractivity contribution in [3.63, 3.8) is 0 Å². The summed E-state index contributed by atoms with van der Waals surface area (Å²) in [5.41, 5.74) is 0. The Balaban J connectivity index is 0. The van der Waals surface area contributed by atoms with E-state index in [0.717, 1.165) is 13.0 Å².